The van der Waals surface area contributed by atoms with Gasteiger partial charge in [0.25, 0.3) is 5.69 Å². The first-order valence-electron chi connectivity index (χ1n) is 10.5. The number of fused-ring (bicyclic) bond motifs is 5. The molecule has 0 fully saturated rings. The summed E-state index contributed by atoms with van der Waals surface area (Å²) in [6.45, 7) is 0. The van der Waals surface area contributed by atoms with E-state index < -0.39 is 10.7 Å². The highest BCUT2D eigenvalue weighted by atomic mass is 16.6. The molecule has 1 aliphatic rings. The van der Waals surface area contributed by atoms with Crippen LogP contribution < -0.4 is 0 Å². The molecule has 0 radical (unpaired) electrons. The van der Waals surface area contributed by atoms with Gasteiger partial charge in [0.2, 0.25) is 5.78 Å². The van der Waals surface area contributed by atoms with Crippen LogP contribution >= 0.6 is 0 Å². The molecule has 8 heteroatoms. The van der Waals surface area contributed by atoms with Gasteiger partial charge in [-0.25, -0.2) is 9.50 Å². The van der Waals surface area contributed by atoms with Gasteiger partial charge in [0, 0.05) is 40.5 Å². The van der Waals surface area contributed by atoms with Crippen molar-refractivity contribution in [1.82, 2.24) is 14.6 Å². The largest absolute Gasteiger partial charge is 0.288 e. The molecule has 6 rings (SSSR count). The van der Waals surface area contributed by atoms with E-state index in [9.17, 15) is 19.7 Å². The molecule has 0 saturated heterocycles. The summed E-state index contributed by atoms with van der Waals surface area (Å²) in [5, 5.41) is 15.7. The van der Waals surface area contributed by atoms with Gasteiger partial charge in [0.05, 0.1) is 21.9 Å². The zero-order chi connectivity index (χ0) is 23.4. The topological polar surface area (TPSA) is 107 Å². The van der Waals surface area contributed by atoms with E-state index in [1.807, 2.05) is 42.5 Å². The number of rotatable bonds is 4. The third-order valence-electron chi connectivity index (χ3n) is 5.88. The Morgan fingerprint density at radius 1 is 0.882 bits per heavy atom. The van der Waals surface area contributed by atoms with Crippen molar-refractivity contribution in [2.75, 3.05) is 0 Å². The van der Waals surface area contributed by atoms with Crippen molar-refractivity contribution in [3.63, 3.8) is 0 Å². The molecule has 5 aromatic rings. The van der Waals surface area contributed by atoms with E-state index in [2.05, 4.69) is 4.98 Å². The molecule has 2 aromatic heterocycles. The van der Waals surface area contributed by atoms with Crippen molar-refractivity contribution in [2.45, 2.75) is 0 Å². The van der Waals surface area contributed by atoms with Gasteiger partial charge in [0.15, 0.2) is 11.4 Å². The molecule has 0 saturated carbocycles. The van der Waals surface area contributed by atoms with Crippen LogP contribution in [-0.2, 0) is 0 Å². The Balaban J connectivity index is 1.61. The number of hydrogen-bond donors (Lipinski definition) is 0. The molecule has 1 aliphatic carbocycles. The van der Waals surface area contributed by atoms with E-state index in [0.29, 0.717) is 28.2 Å². The highest BCUT2D eigenvalue weighted by Gasteiger charge is 2.35. The summed E-state index contributed by atoms with van der Waals surface area (Å²) in [4.78, 5) is 41.9. The molecule has 8 nitrogen and oxygen atoms in total. The number of carbonyl (C=O) groups excluding carboxylic acids is 2. The van der Waals surface area contributed by atoms with Crippen molar-refractivity contribution in [3.05, 3.63) is 117 Å². The van der Waals surface area contributed by atoms with E-state index >= 15 is 0 Å². The van der Waals surface area contributed by atoms with Crippen LogP contribution in [-0.4, -0.2) is 31.1 Å². The summed E-state index contributed by atoms with van der Waals surface area (Å²) < 4.78 is 1.61. The molecule has 0 N–H and O–H groups in total. The second-order valence-electron chi connectivity index (χ2n) is 7.86. The molecular formula is C26H14N4O4. The van der Waals surface area contributed by atoms with Crippen LogP contribution in [0.5, 0.6) is 0 Å². The summed E-state index contributed by atoms with van der Waals surface area (Å²) in [5.74, 6) is -0.792. The van der Waals surface area contributed by atoms with Crippen LogP contribution in [0.3, 0.4) is 0 Å². The molecule has 3 aromatic carbocycles. The first-order chi connectivity index (χ1) is 16.5. The predicted octanol–water partition coefficient (Wildman–Crippen LogP) is 4.75. The molecule has 2 heterocycles. The summed E-state index contributed by atoms with van der Waals surface area (Å²) in [7, 11) is 0. The van der Waals surface area contributed by atoms with Crippen LogP contribution in [0.25, 0.3) is 28.2 Å². The Kier molecular flexibility index (Phi) is 4.21. The summed E-state index contributed by atoms with van der Waals surface area (Å²) in [6, 6.07) is 23.7. The van der Waals surface area contributed by atoms with Crippen LogP contribution in [0, 0.1) is 10.1 Å². The number of ketones is 2. The molecule has 34 heavy (non-hydrogen) atoms. The average Bonchev–Trinajstić information content (AvgIpc) is 3.43. The third kappa shape index (κ3) is 2.86. The minimum atomic E-state index is -0.534. The van der Waals surface area contributed by atoms with E-state index in [-0.39, 0.29) is 28.3 Å². The highest BCUT2D eigenvalue weighted by molar-refractivity contribution is 6.26. The van der Waals surface area contributed by atoms with Gasteiger partial charge >= 0.3 is 0 Å². The molecule has 0 atom stereocenters. The second kappa shape index (κ2) is 7.28. The lowest BCUT2D eigenvalue weighted by Gasteiger charge is -2.08. The first-order valence-corrected chi connectivity index (χ1v) is 10.5. The number of nitro benzene ring substituents is 1. The normalized spacial score (nSPS) is 11.9. The molecule has 0 amide bonds. The molecule has 0 bridgehead atoms. The average molecular weight is 446 g/mol. The van der Waals surface area contributed by atoms with E-state index in [0.717, 1.165) is 5.56 Å². The first kappa shape index (κ1) is 19.7. The fourth-order valence-corrected chi connectivity index (χ4v) is 4.28. The fourth-order valence-electron chi connectivity index (χ4n) is 4.28. The van der Waals surface area contributed by atoms with Crippen LogP contribution in [0.1, 0.15) is 32.0 Å². The minimum Gasteiger partial charge on any atom is -0.288 e. The minimum absolute atomic E-state index is 0.00272. The second-order valence-corrected chi connectivity index (χ2v) is 7.86. The van der Waals surface area contributed by atoms with Crippen LogP contribution in [0.2, 0.25) is 0 Å². The number of hydrogen-bond acceptors (Lipinski definition) is 6. The SMILES string of the molecule is O=C(c1ccc([N+](=O)[O-])cc1)c1nc2cc(-c3ccccc3)nn2c2c1C(=O)c1ccccc1-2. The molecule has 0 unspecified atom stereocenters. The van der Waals surface area contributed by atoms with Crippen LogP contribution in [0.15, 0.2) is 84.9 Å². The molecule has 0 aliphatic heterocycles. The van der Waals surface area contributed by atoms with E-state index in [4.69, 9.17) is 5.10 Å². The smallest absolute Gasteiger partial charge is 0.269 e. The van der Waals surface area contributed by atoms with Gasteiger partial charge in [-0.2, -0.15) is 5.10 Å². The molecule has 0 spiro atoms. The van der Waals surface area contributed by atoms with Gasteiger partial charge in [-0.15, -0.1) is 0 Å². The maximum absolute atomic E-state index is 13.5. The van der Waals surface area contributed by atoms with Crippen LogP contribution in [0.4, 0.5) is 5.69 Å². The van der Waals surface area contributed by atoms with E-state index in [1.54, 1.807) is 22.7 Å². The zero-order valence-corrected chi connectivity index (χ0v) is 17.5. The number of nitrogens with zero attached hydrogens (tertiary/aromatic N) is 4. The number of nitro groups is 1. The van der Waals surface area contributed by atoms with E-state index in [1.165, 1.54) is 24.3 Å². The lowest BCUT2D eigenvalue weighted by Crippen LogP contribution is -2.14. The van der Waals surface area contributed by atoms with Gasteiger partial charge in [-0.1, -0.05) is 54.6 Å². The van der Waals surface area contributed by atoms with Gasteiger partial charge in [0.1, 0.15) is 5.69 Å². The lowest BCUT2D eigenvalue weighted by molar-refractivity contribution is -0.384. The number of carbonyl (C=O) groups is 2. The number of benzene rings is 3. The maximum atomic E-state index is 13.5. The third-order valence-corrected chi connectivity index (χ3v) is 5.88. The lowest BCUT2D eigenvalue weighted by atomic mass is 10.0. The van der Waals surface area contributed by atoms with Gasteiger partial charge in [-0.3, -0.25) is 19.7 Å². The standard InChI is InChI=1S/C26H14N4O4/c31-25(16-10-12-17(13-11-16)30(33)34)23-22-24(18-8-4-5-9-19(18)26(22)32)29-21(27-23)14-20(28-29)15-6-2-1-3-7-15/h1-14H. The predicted molar refractivity (Wildman–Crippen MR) is 124 cm³/mol. The van der Waals surface area contributed by atoms with Crippen molar-refractivity contribution in [1.29, 1.82) is 0 Å². The van der Waals surface area contributed by atoms with Gasteiger partial charge in [-0.05, 0) is 12.1 Å². The monoisotopic (exact) mass is 446 g/mol. The Bertz CT molecular complexity index is 1650. The summed E-state index contributed by atoms with van der Waals surface area (Å²) >= 11 is 0. The Morgan fingerprint density at radius 2 is 1.56 bits per heavy atom. The molecular weight excluding hydrogens is 432 g/mol. The van der Waals surface area contributed by atoms with Crippen molar-refractivity contribution >= 4 is 22.9 Å². The molecule has 162 valence electrons. The quantitative estimate of drug-likeness (QED) is 0.220. The number of non-ortho nitro benzene ring substituents is 1. The van der Waals surface area contributed by atoms with Gasteiger partial charge < -0.3 is 0 Å². The maximum Gasteiger partial charge on any atom is 0.269 e. The Morgan fingerprint density at radius 3 is 2.26 bits per heavy atom. The fraction of sp³-hybridized carbons (Fsp3) is 0. The Hall–Kier alpha value is -4.98. The van der Waals surface area contributed by atoms with Crippen molar-refractivity contribution in [3.8, 4) is 22.5 Å². The summed E-state index contributed by atoms with van der Waals surface area (Å²) in [6.07, 6.45) is 0. The number of aromatic nitrogens is 3. The highest BCUT2D eigenvalue weighted by Crippen LogP contribution is 2.39. The zero-order valence-electron chi connectivity index (χ0n) is 17.5. The van der Waals surface area contributed by atoms with Crippen molar-refractivity contribution in [2.24, 2.45) is 0 Å². The summed E-state index contributed by atoms with van der Waals surface area (Å²) in [5.41, 5.74) is 3.88. The van der Waals surface area contributed by atoms with Crippen molar-refractivity contribution < 1.29 is 14.5 Å². The Labute approximate surface area is 192 Å².